The van der Waals surface area contributed by atoms with E-state index in [4.69, 9.17) is 0 Å². The van der Waals surface area contributed by atoms with Gasteiger partial charge in [-0.25, -0.2) is 9.78 Å². The average molecular weight is 454 g/mol. The first-order valence-corrected chi connectivity index (χ1v) is 10.9. The maximum absolute atomic E-state index is 12.7. The zero-order valence-corrected chi connectivity index (χ0v) is 17.9. The Kier molecular flexibility index (Phi) is 5.49. The Morgan fingerprint density at radius 2 is 2.03 bits per heavy atom. The molecule has 0 aliphatic carbocycles. The largest absolute Gasteiger partial charge is 0.443 e. The molecule has 6 nitrogen and oxygen atoms in total. The molecule has 1 aliphatic rings. The minimum atomic E-state index is -4.49. The van der Waals surface area contributed by atoms with Gasteiger partial charge in [-0.3, -0.25) is 4.57 Å². The number of alkyl halides is 3. The van der Waals surface area contributed by atoms with Gasteiger partial charge in [0.15, 0.2) is 5.01 Å². The Morgan fingerprint density at radius 3 is 2.60 bits per heavy atom. The SMILES string of the molecule is Cc1cc(C2=CCN(c3nc(C)n(Cc4cnc(C(F)(F)F)s4)c(=O)n3)CC2)cs1. The first-order chi connectivity index (χ1) is 14.2. The number of hydrogen-bond donors (Lipinski definition) is 0. The van der Waals surface area contributed by atoms with Crippen molar-refractivity contribution in [3.05, 3.63) is 60.4 Å². The number of nitrogens with zero attached hydrogens (tertiary/aromatic N) is 5. The van der Waals surface area contributed by atoms with Gasteiger partial charge in [-0.05, 0) is 42.9 Å². The molecule has 4 heterocycles. The van der Waals surface area contributed by atoms with Crippen LogP contribution in [0.3, 0.4) is 0 Å². The molecule has 0 saturated carbocycles. The highest BCUT2D eigenvalue weighted by Crippen LogP contribution is 2.32. The lowest BCUT2D eigenvalue weighted by Crippen LogP contribution is -2.35. The summed E-state index contributed by atoms with van der Waals surface area (Å²) >= 11 is 2.23. The van der Waals surface area contributed by atoms with Crippen LogP contribution in [0, 0.1) is 13.8 Å². The molecule has 30 heavy (non-hydrogen) atoms. The molecule has 11 heteroatoms. The highest BCUT2D eigenvalue weighted by atomic mass is 32.1. The topological polar surface area (TPSA) is 63.9 Å². The molecule has 0 bridgehead atoms. The second-order valence-electron chi connectivity index (χ2n) is 6.94. The van der Waals surface area contributed by atoms with Crippen molar-refractivity contribution in [2.24, 2.45) is 0 Å². The molecule has 3 aromatic heterocycles. The van der Waals surface area contributed by atoms with E-state index in [1.54, 1.807) is 18.3 Å². The Labute approximate surface area is 178 Å². The zero-order valence-electron chi connectivity index (χ0n) is 16.2. The van der Waals surface area contributed by atoms with Crippen LogP contribution in [0.4, 0.5) is 19.1 Å². The quantitative estimate of drug-likeness (QED) is 0.594. The number of aryl methyl sites for hydroxylation is 2. The van der Waals surface area contributed by atoms with Crippen LogP contribution < -0.4 is 10.6 Å². The van der Waals surface area contributed by atoms with Crippen molar-refractivity contribution in [2.75, 3.05) is 18.0 Å². The minimum Gasteiger partial charge on any atom is -0.337 e. The van der Waals surface area contributed by atoms with Gasteiger partial charge in [-0.2, -0.15) is 23.1 Å². The summed E-state index contributed by atoms with van der Waals surface area (Å²) in [5.74, 6) is 0.737. The molecular weight excluding hydrogens is 435 g/mol. The van der Waals surface area contributed by atoms with E-state index in [0.717, 1.165) is 12.6 Å². The highest BCUT2D eigenvalue weighted by molar-refractivity contribution is 7.11. The van der Waals surface area contributed by atoms with E-state index in [2.05, 4.69) is 39.4 Å². The predicted molar refractivity (Wildman–Crippen MR) is 111 cm³/mol. The Morgan fingerprint density at radius 1 is 1.23 bits per heavy atom. The van der Waals surface area contributed by atoms with Gasteiger partial charge in [0, 0.05) is 29.0 Å². The van der Waals surface area contributed by atoms with Crippen LogP contribution in [0.25, 0.3) is 5.57 Å². The van der Waals surface area contributed by atoms with Gasteiger partial charge >= 0.3 is 11.9 Å². The third-order valence-electron chi connectivity index (χ3n) is 4.78. The summed E-state index contributed by atoms with van der Waals surface area (Å²) in [6.07, 6.45) is -0.421. The second kappa shape index (κ2) is 7.95. The van der Waals surface area contributed by atoms with E-state index in [1.165, 1.54) is 20.6 Å². The standard InChI is InChI=1S/C19H18F3N5OS2/c1-11-7-14(10-29-11)13-3-5-26(6-4-13)17-24-12(2)27(18(28)25-17)9-15-8-23-16(30-15)19(20,21)22/h3,7-8,10H,4-6,9H2,1-2H3. The molecular formula is C19H18F3N5OS2. The Bertz CT molecular complexity index is 1160. The lowest BCUT2D eigenvalue weighted by Gasteiger charge is -2.26. The summed E-state index contributed by atoms with van der Waals surface area (Å²) in [6.45, 7) is 4.97. The molecule has 0 N–H and O–H groups in total. The van der Waals surface area contributed by atoms with E-state index >= 15 is 0 Å². The van der Waals surface area contributed by atoms with Gasteiger partial charge in [0.05, 0.1) is 6.54 Å². The van der Waals surface area contributed by atoms with Crippen molar-refractivity contribution in [2.45, 2.75) is 33.0 Å². The van der Waals surface area contributed by atoms with E-state index in [9.17, 15) is 18.0 Å². The van der Waals surface area contributed by atoms with Crippen molar-refractivity contribution in [3.63, 3.8) is 0 Å². The summed E-state index contributed by atoms with van der Waals surface area (Å²) in [5.41, 5.74) is 1.96. The van der Waals surface area contributed by atoms with Crippen LogP contribution in [0.2, 0.25) is 0 Å². The van der Waals surface area contributed by atoms with Crippen molar-refractivity contribution in [1.29, 1.82) is 0 Å². The molecule has 0 amide bonds. The normalized spacial score (nSPS) is 14.8. The van der Waals surface area contributed by atoms with Gasteiger partial charge in [0.25, 0.3) is 0 Å². The molecule has 4 rings (SSSR count). The van der Waals surface area contributed by atoms with Gasteiger partial charge in [0.2, 0.25) is 5.95 Å². The van der Waals surface area contributed by atoms with Gasteiger partial charge < -0.3 is 4.90 Å². The molecule has 1 aliphatic heterocycles. The van der Waals surface area contributed by atoms with Crippen LogP contribution in [-0.2, 0) is 12.7 Å². The summed E-state index contributed by atoms with van der Waals surface area (Å²) in [4.78, 5) is 27.9. The highest BCUT2D eigenvalue weighted by Gasteiger charge is 2.34. The number of hydrogen-bond acceptors (Lipinski definition) is 7. The van der Waals surface area contributed by atoms with Crippen LogP contribution in [-0.4, -0.2) is 32.6 Å². The molecule has 3 aromatic rings. The first kappa shape index (κ1) is 20.7. The fourth-order valence-corrected chi connectivity index (χ4v) is 4.73. The number of aromatic nitrogens is 4. The molecule has 0 unspecified atom stereocenters. The lowest BCUT2D eigenvalue weighted by molar-refractivity contribution is -0.137. The number of thiophene rings is 1. The Balaban J connectivity index is 1.51. The summed E-state index contributed by atoms with van der Waals surface area (Å²) < 4.78 is 39.5. The second-order valence-corrected chi connectivity index (χ2v) is 9.17. The van der Waals surface area contributed by atoms with E-state index in [-0.39, 0.29) is 6.54 Å². The van der Waals surface area contributed by atoms with Gasteiger partial charge in [0.1, 0.15) is 5.82 Å². The Hall–Kier alpha value is -2.53. The molecule has 0 aromatic carbocycles. The first-order valence-electron chi connectivity index (χ1n) is 9.17. The van der Waals surface area contributed by atoms with Crippen LogP contribution in [0.1, 0.15) is 32.6 Å². The molecule has 0 fully saturated rings. The summed E-state index contributed by atoms with van der Waals surface area (Å²) in [7, 11) is 0. The van der Waals surface area contributed by atoms with Crippen LogP contribution in [0.5, 0.6) is 0 Å². The van der Waals surface area contributed by atoms with E-state index in [1.807, 2.05) is 4.90 Å². The number of halogens is 3. The number of thiazole rings is 1. The zero-order chi connectivity index (χ0) is 21.5. The van der Waals surface area contributed by atoms with Crippen LogP contribution >= 0.6 is 22.7 Å². The number of rotatable bonds is 4. The lowest BCUT2D eigenvalue weighted by atomic mass is 10.0. The average Bonchev–Trinajstić information content (AvgIpc) is 3.33. The maximum atomic E-state index is 12.7. The molecule has 0 atom stereocenters. The van der Waals surface area contributed by atoms with Gasteiger partial charge in [-0.1, -0.05) is 6.08 Å². The third kappa shape index (κ3) is 4.31. The van der Waals surface area contributed by atoms with Crippen molar-refractivity contribution in [1.82, 2.24) is 19.5 Å². The fraction of sp³-hybridized carbons (Fsp3) is 0.368. The smallest absolute Gasteiger partial charge is 0.337 e. The van der Waals surface area contributed by atoms with E-state index in [0.29, 0.717) is 41.1 Å². The predicted octanol–water partition coefficient (Wildman–Crippen LogP) is 4.13. The fourth-order valence-electron chi connectivity index (χ4n) is 3.23. The van der Waals surface area contributed by atoms with Crippen LogP contribution in [0.15, 0.2) is 28.5 Å². The molecule has 158 valence electrons. The summed E-state index contributed by atoms with van der Waals surface area (Å²) in [6, 6.07) is 2.16. The van der Waals surface area contributed by atoms with Crippen molar-refractivity contribution >= 4 is 34.2 Å². The monoisotopic (exact) mass is 453 g/mol. The van der Waals surface area contributed by atoms with Gasteiger partial charge in [-0.15, -0.1) is 22.7 Å². The third-order valence-corrected chi connectivity index (χ3v) is 6.67. The minimum absolute atomic E-state index is 0.0414. The molecule has 0 radical (unpaired) electrons. The molecule has 0 saturated heterocycles. The van der Waals surface area contributed by atoms with Crippen molar-refractivity contribution < 1.29 is 13.2 Å². The van der Waals surface area contributed by atoms with Crippen molar-refractivity contribution in [3.8, 4) is 0 Å². The summed E-state index contributed by atoms with van der Waals surface area (Å²) in [5, 5.41) is 1.21. The molecule has 0 spiro atoms. The van der Waals surface area contributed by atoms with E-state index < -0.39 is 16.9 Å². The maximum Gasteiger partial charge on any atom is 0.443 e. The number of anilines is 1.